The molecule has 0 fully saturated rings. The topological polar surface area (TPSA) is 46.5 Å². The molecule has 0 aliphatic carbocycles. The van der Waals surface area contributed by atoms with E-state index in [1.807, 2.05) is 30.3 Å². The summed E-state index contributed by atoms with van der Waals surface area (Å²) >= 11 is 5.19. The van der Waals surface area contributed by atoms with Crippen LogP contribution in [0.4, 0.5) is 0 Å². The van der Waals surface area contributed by atoms with Crippen molar-refractivity contribution in [3.8, 4) is 0 Å². The van der Waals surface area contributed by atoms with E-state index < -0.39 is 0 Å². The molecule has 0 amide bonds. The highest BCUT2D eigenvalue weighted by Gasteiger charge is 2.08. The number of hydrogen-bond acceptors (Lipinski definition) is 4. The van der Waals surface area contributed by atoms with Gasteiger partial charge in [0.15, 0.2) is 0 Å². The summed E-state index contributed by atoms with van der Waals surface area (Å²) in [4.78, 5) is 12.6. The summed E-state index contributed by atoms with van der Waals surface area (Å²) in [6, 6.07) is 13.3. The summed E-state index contributed by atoms with van der Waals surface area (Å²) in [7, 11) is 1.37. The van der Waals surface area contributed by atoms with Crippen molar-refractivity contribution >= 4 is 33.7 Å². The summed E-state index contributed by atoms with van der Waals surface area (Å²) in [5.74, 6) is 0.454. The number of thioether (sulfide) groups is 1. The molecule has 0 saturated heterocycles. The van der Waals surface area contributed by atoms with E-state index in [0.29, 0.717) is 5.56 Å². The highest BCUT2D eigenvalue weighted by molar-refractivity contribution is 9.10. The highest BCUT2D eigenvalue weighted by atomic mass is 79.9. The van der Waals surface area contributed by atoms with Gasteiger partial charge in [0.05, 0.1) is 19.3 Å². The second kappa shape index (κ2) is 7.64. The van der Waals surface area contributed by atoms with Crippen LogP contribution in [-0.2, 0) is 17.1 Å². The summed E-state index contributed by atoms with van der Waals surface area (Å²) in [6.45, 7) is 0.0610. The summed E-state index contributed by atoms with van der Waals surface area (Å²) in [5.41, 5.74) is 2.55. The van der Waals surface area contributed by atoms with Crippen LogP contribution in [0.2, 0.25) is 0 Å². The van der Waals surface area contributed by atoms with Crippen LogP contribution in [0.15, 0.2) is 51.8 Å². The summed E-state index contributed by atoms with van der Waals surface area (Å²) in [6.07, 6.45) is 0. The molecule has 110 valence electrons. The third-order valence-corrected chi connectivity index (χ3v) is 4.77. The maximum Gasteiger partial charge on any atom is 0.337 e. The standard InChI is InChI=1S/C16H15BrO3S/c1-20-16(19)12-4-5-13(15(17)8-12)10-21-14-6-2-11(9-18)3-7-14/h2-8,18H,9-10H2,1H3. The molecule has 21 heavy (non-hydrogen) atoms. The quantitative estimate of drug-likeness (QED) is 0.641. The summed E-state index contributed by atoms with van der Waals surface area (Å²) in [5, 5.41) is 9.01. The van der Waals surface area contributed by atoms with Gasteiger partial charge in [0, 0.05) is 15.1 Å². The predicted molar refractivity (Wildman–Crippen MR) is 87.4 cm³/mol. The number of aliphatic hydroxyl groups is 1. The number of carbonyl (C=O) groups excluding carboxylic acids is 1. The molecule has 0 atom stereocenters. The Balaban J connectivity index is 2.04. The molecule has 2 rings (SSSR count). The zero-order valence-electron chi connectivity index (χ0n) is 11.5. The minimum Gasteiger partial charge on any atom is -0.465 e. The third-order valence-electron chi connectivity index (χ3n) is 2.97. The number of hydrogen-bond donors (Lipinski definition) is 1. The smallest absolute Gasteiger partial charge is 0.337 e. The number of rotatable bonds is 5. The number of esters is 1. The molecular weight excluding hydrogens is 352 g/mol. The van der Waals surface area contributed by atoms with E-state index in [1.54, 1.807) is 23.9 Å². The molecular formula is C16H15BrO3S. The van der Waals surface area contributed by atoms with Crippen LogP contribution in [0.5, 0.6) is 0 Å². The van der Waals surface area contributed by atoms with Crippen molar-refractivity contribution in [3.05, 3.63) is 63.6 Å². The molecule has 2 aromatic carbocycles. The number of ether oxygens (including phenoxy) is 1. The molecule has 0 radical (unpaired) electrons. The first-order valence-electron chi connectivity index (χ1n) is 6.33. The fourth-order valence-electron chi connectivity index (χ4n) is 1.76. The maximum absolute atomic E-state index is 11.4. The van der Waals surface area contributed by atoms with Crippen LogP contribution in [0.3, 0.4) is 0 Å². The number of halogens is 1. The molecule has 3 nitrogen and oxygen atoms in total. The maximum atomic E-state index is 11.4. The Bertz CT molecular complexity index is 626. The van der Waals surface area contributed by atoms with Crippen molar-refractivity contribution in [3.63, 3.8) is 0 Å². The van der Waals surface area contributed by atoms with Crippen LogP contribution >= 0.6 is 27.7 Å². The molecule has 0 spiro atoms. The van der Waals surface area contributed by atoms with E-state index >= 15 is 0 Å². The van der Waals surface area contributed by atoms with Crippen LogP contribution in [0.25, 0.3) is 0 Å². The van der Waals surface area contributed by atoms with E-state index in [9.17, 15) is 4.79 Å². The van der Waals surface area contributed by atoms with Crippen molar-refractivity contribution < 1.29 is 14.6 Å². The van der Waals surface area contributed by atoms with Gasteiger partial charge in [-0.05, 0) is 35.4 Å². The van der Waals surface area contributed by atoms with Gasteiger partial charge in [-0.1, -0.05) is 34.1 Å². The highest BCUT2D eigenvalue weighted by Crippen LogP contribution is 2.28. The zero-order valence-corrected chi connectivity index (χ0v) is 13.9. The van der Waals surface area contributed by atoms with Crippen molar-refractivity contribution in [1.29, 1.82) is 0 Å². The van der Waals surface area contributed by atoms with Crippen LogP contribution in [0.1, 0.15) is 21.5 Å². The molecule has 0 unspecified atom stereocenters. The molecule has 0 aromatic heterocycles. The van der Waals surface area contributed by atoms with Crippen molar-refractivity contribution in [2.45, 2.75) is 17.3 Å². The van der Waals surface area contributed by atoms with Crippen LogP contribution in [-0.4, -0.2) is 18.2 Å². The van der Waals surface area contributed by atoms with E-state index in [0.717, 1.165) is 26.2 Å². The van der Waals surface area contributed by atoms with Gasteiger partial charge in [-0.15, -0.1) is 11.8 Å². The first kappa shape index (κ1) is 16.1. The van der Waals surface area contributed by atoms with E-state index in [2.05, 4.69) is 15.9 Å². The predicted octanol–water partition coefficient (Wildman–Crippen LogP) is 4.02. The van der Waals surface area contributed by atoms with Gasteiger partial charge in [-0.25, -0.2) is 4.79 Å². The Morgan fingerprint density at radius 3 is 2.52 bits per heavy atom. The minimum absolute atomic E-state index is 0.0610. The molecule has 2 aromatic rings. The second-order valence-electron chi connectivity index (χ2n) is 4.39. The van der Waals surface area contributed by atoms with Crippen molar-refractivity contribution in [2.75, 3.05) is 7.11 Å². The fourth-order valence-corrected chi connectivity index (χ4v) is 3.37. The van der Waals surface area contributed by atoms with Crippen LogP contribution < -0.4 is 0 Å². The normalized spacial score (nSPS) is 10.4. The first-order valence-corrected chi connectivity index (χ1v) is 8.11. The molecule has 0 aliphatic heterocycles. The third kappa shape index (κ3) is 4.33. The zero-order chi connectivity index (χ0) is 15.2. The number of aliphatic hydroxyl groups excluding tert-OH is 1. The first-order chi connectivity index (χ1) is 10.1. The average molecular weight is 367 g/mol. The Morgan fingerprint density at radius 2 is 1.95 bits per heavy atom. The van der Waals surface area contributed by atoms with Gasteiger partial charge in [-0.2, -0.15) is 0 Å². The van der Waals surface area contributed by atoms with Gasteiger partial charge in [-0.3, -0.25) is 0 Å². The Labute approximate surface area is 136 Å². The van der Waals surface area contributed by atoms with Crippen molar-refractivity contribution in [2.24, 2.45) is 0 Å². The largest absolute Gasteiger partial charge is 0.465 e. The number of methoxy groups -OCH3 is 1. The summed E-state index contributed by atoms with van der Waals surface area (Å²) < 4.78 is 5.59. The van der Waals surface area contributed by atoms with E-state index in [4.69, 9.17) is 9.84 Å². The SMILES string of the molecule is COC(=O)c1ccc(CSc2ccc(CO)cc2)c(Br)c1. The monoisotopic (exact) mass is 366 g/mol. The molecule has 5 heteroatoms. The Kier molecular flexibility index (Phi) is 5.85. The molecule has 1 N–H and O–H groups in total. The Morgan fingerprint density at radius 1 is 1.24 bits per heavy atom. The number of carbonyl (C=O) groups is 1. The van der Waals surface area contributed by atoms with E-state index in [-0.39, 0.29) is 12.6 Å². The van der Waals surface area contributed by atoms with E-state index in [1.165, 1.54) is 7.11 Å². The van der Waals surface area contributed by atoms with Crippen LogP contribution in [0, 0.1) is 0 Å². The lowest BCUT2D eigenvalue weighted by Gasteiger charge is -2.07. The van der Waals surface area contributed by atoms with Gasteiger partial charge in [0.25, 0.3) is 0 Å². The lowest BCUT2D eigenvalue weighted by atomic mass is 10.1. The van der Waals surface area contributed by atoms with Crippen molar-refractivity contribution in [1.82, 2.24) is 0 Å². The lowest BCUT2D eigenvalue weighted by Crippen LogP contribution is -2.01. The number of benzene rings is 2. The average Bonchev–Trinajstić information content (AvgIpc) is 2.53. The van der Waals surface area contributed by atoms with Gasteiger partial charge >= 0.3 is 5.97 Å². The molecule has 0 heterocycles. The van der Waals surface area contributed by atoms with Gasteiger partial charge in [0.2, 0.25) is 0 Å². The lowest BCUT2D eigenvalue weighted by molar-refractivity contribution is 0.0600. The van der Waals surface area contributed by atoms with Gasteiger partial charge in [0.1, 0.15) is 0 Å². The second-order valence-corrected chi connectivity index (χ2v) is 6.29. The fraction of sp³-hybridized carbons (Fsp3) is 0.188. The van der Waals surface area contributed by atoms with Gasteiger partial charge < -0.3 is 9.84 Å². The molecule has 0 bridgehead atoms. The minimum atomic E-state index is -0.338. The molecule has 0 aliphatic rings. The Hall–Kier alpha value is -1.30. The molecule has 0 saturated carbocycles.